The highest BCUT2D eigenvalue weighted by atomic mass is 32.1. The number of thiophene rings is 1. The van der Waals surface area contributed by atoms with Crippen molar-refractivity contribution in [2.24, 2.45) is 0 Å². The normalized spacial score (nSPS) is 17.7. The number of hydrogen-bond acceptors (Lipinski definition) is 4. The summed E-state index contributed by atoms with van der Waals surface area (Å²) in [5.74, 6) is -0.694. The molecule has 0 spiro atoms. The third-order valence-electron chi connectivity index (χ3n) is 2.94. The Bertz CT molecular complexity index is 649. The largest absolute Gasteiger partial charge is 0.481 e. The summed E-state index contributed by atoms with van der Waals surface area (Å²) in [6, 6.07) is 7.21. The summed E-state index contributed by atoms with van der Waals surface area (Å²) < 4.78 is 18.6. The van der Waals surface area contributed by atoms with Crippen molar-refractivity contribution < 1.29 is 18.7 Å². The Kier molecular flexibility index (Phi) is 2.91. The Morgan fingerprint density at radius 3 is 2.95 bits per heavy atom. The summed E-state index contributed by atoms with van der Waals surface area (Å²) in [4.78, 5) is 24.6. The van der Waals surface area contributed by atoms with E-state index in [0.717, 1.165) is 6.07 Å². The summed E-state index contributed by atoms with van der Waals surface area (Å²) in [7, 11) is 0. The molecule has 5 heteroatoms. The molecule has 0 saturated heterocycles. The van der Waals surface area contributed by atoms with Crippen LogP contribution in [0.3, 0.4) is 0 Å². The topological polar surface area (TPSA) is 43.4 Å². The van der Waals surface area contributed by atoms with E-state index in [1.165, 1.54) is 23.5 Å². The van der Waals surface area contributed by atoms with Crippen LogP contribution in [0, 0.1) is 5.82 Å². The molecule has 19 heavy (non-hydrogen) atoms. The number of hydrogen-bond donors (Lipinski definition) is 0. The van der Waals surface area contributed by atoms with Gasteiger partial charge in [0.25, 0.3) is 0 Å². The first-order valence-corrected chi connectivity index (χ1v) is 6.60. The molecule has 0 amide bonds. The number of rotatable bonds is 2. The van der Waals surface area contributed by atoms with Gasteiger partial charge in [-0.25, -0.2) is 4.39 Å². The van der Waals surface area contributed by atoms with Crippen LogP contribution in [0.25, 0.3) is 0 Å². The molecular weight excluding hydrogens is 267 g/mol. The Morgan fingerprint density at radius 2 is 2.21 bits per heavy atom. The fourth-order valence-corrected chi connectivity index (χ4v) is 2.73. The van der Waals surface area contributed by atoms with Gasteiger partial charge in [-0.1, -0.05) is 6.07 Å². The van der Waals surface area contributed by atoms with Gasteiger partial charge in [-0.2, -0.15) is 0 Å². The van der Waals surface area contributed by atoms with Crippen LogP contribution in [-0.2, 0) is 0 Å². The second kappa shape index (κ2) is 4.59. The molecule has 0 saturated carbocycles. The minimum Gasteiger partial charge on any atom is -0.481 e. The van der Waals surface area contributed by atoms with Gasteiger partial charge in [-0.05, 0) is 29.6 Å². The standard InChI is InChI=1S/C14H9FO3S/c15-8-3-4-11-9(6-8)10(16)7-12(18-11)14(17)13-2-1-5-19-13/h1-6,12H,7H2. The third kappa shape index (κ3) is 2.17. The minimum absolute atomic E-state index is 0.0484. The monoisotopic (exact) mass is 276 g/mol. The molecule has 1 aromatic heterocycles. The van der Waals surface area contributed by atoms with Crippen molar-refractivity contribution in [2.75, 3.05) is 0 Å². The molecule has 3 rings (SSSR count). The van der Waals surface area contributed by atoms with Crippen LogP contribution in [0.1, 0.15) is 26.5 Å². The minimum atomic E-state index is -0.816. The molecule has 96 valence electrons. The summed E-state index contributed by atoms with van der Waals surface area (Å²) in [5.41, 5.74) is 0.204. The van der Waals surface area contributed by atoms with Gasteiger partial charge >= 0.3 is 0 Å². The number of ether oxygens (including phenoxy) is 1. The highest BCUT2D eigenvalue weighted by Gasteiger charge is 2.32. The van der Waals surface area contributed by atoms with Crippen LogP contribution in [0.15, 0.2) is 35.7 Å². The van der Waals surface area contributed by atoms with E-state index in [-0.39, 0.29) is 29.3 Å². The molecule has 1 aliphatic rings. The summed E-state index contributed by atoms with van der Waals surface area (Å²) in [5, 5.41) is 1.79. The average molecular weight is 276 g/mol. The first kappa shape index (κ1) is 12.0. The van der Waals surface area contributed by atoms with E-state index < -0.39 is 11.9 Å². The lowest BCUT2D eigenvalue weighted by atomic mass is 9.98. The molecule has 2 aromatic rings. The van der Waals surface area contributed by atoms with Gasteiger partial charge in [-0.3, -0.25) is 9.59 Å². The van der Waals surface area contributed by atoms with Crippen LogP contribution in [-0.4, -0.2) is 17.7 Å². The SMILES string of the molecule is O=C1CC(C(=O)c2cccs2)Oc2ccc(F)cc21. The Morgan fingerprint density at radius 1 is 1.37 bits per heavy atom. The molecule has 0 N–H and O–H groups in total. The summed E-state index contributed by atoms with van der Waals surface area (Å²) >= 11 is 1.31. The van der Waals surface area contributed by atoms with Gasteiger partial charge in [0.05, 0.1) is 16.9 Å². The molecule has 2 heterocycles. The first-order valence-electron chi connectivity index (χ1n) is 5.72. The van der Waals surface area contributed by atoms with Crippen molar-refractivity contribution in [3.05, 3.63) is 52.0 Å². The number of carbonyl (C=O) groups excluding carboxylic acids is 2. The molecule has 0 aliphatic carbocycles. The predicted octanol–water partition coefficient (Wildman–Crippen LogP) is 3.10. The van der Waals surface area contributed by atoms with E-state index >= 15 is 0 Å². The number of halogens is 1. The van der Waals surface area contributed by atoms with Crippen molar-refractivity contribution in [3.63, 3.8) is 0 Å². The smallest absolute Gasteiger partial charge is 0.213 e. The van der Waals surface area contributed by atoms with Gasteiger partial charge in [-0.15, -0.1) is 11.3 Å². The molecule has 0 bridgehead atoms. The highest BCUT2D eigenvalue weighted by molar-refractivity contribution is 7.12. The highest BCUT2D eigenvalue weighted by Crippen LogP contribution is 2.30. The zero-order valence-corrected chi connectivity index (χ0v) is 10.6. The average Bonchev–Trinajstić information content (AvgIpc) is 2.92. The van der Waals surface area contributed by atoms with Crippen molar-refractivity contribution in [2.45, 2.75) is 12.5 Å². The molecule has 0 fully saturated rings. The summed E-state index contributed by atoms with van der Waals surface area (Å²) in [6.07, 6.45) is -0.864. The third-order valence-corrected chi connectivity index (χ3v) is 3.82. The fraction of sp³-hybridized carbons (Fsp3) is 0.143. The lowest BCUT2D eigenvalue weighted by Gasteiger charge is -2.23. The fourth-order valence-electron chi connectivity index (χ4n) is 2.02. The van der Waals surface area contributed by atoms with Gasteiger partial charge in [0, 0.05) is 0 Å². The second-order valence-electron chi connectivity index (χ2n) is 4.22. The number of benzene rings is 1. The number of carbonyl (C=O) groups is 2. The van der Waals surface area contributed by atoms with E-state index in [2.05, 4.69) is 0 Å². The van der Waals surface area contributed by atoms with Crippen LogP contribution in [0.4, 0.5) is 4.39 Å². The van der Waals surface area contributed by atoms with Crippen LogP contribution < -0.4 is 4.74 Å². The molecule has 0 radical (unpaired) electrons. The lowest BCUT2D eigenvalue weighted by Crippen LogP contribution is -2.33. The Hall–Kier alpha value is -2.01. The van der Waals surface area contributed by atoms with Crippen molar-refractivity contribution in [3.8, 4) is 5.75 Å². The summed E-state index contributed by atoms with van der Waals surface area (Å²) in [6.45, 7) is 0. The van der Waals surface area contributed by atoms with E-state index in [9.17, 15) is 14.0 Å². The van der Waals surface area contributed by atoms with Gasteiger partial charge in [0.15, 0.2) is 11.9 Å². The maximum Gasteiger partial charge on any atom is 0.213 e. The van der Waals surface area contributed by atoms with Crippen LogP contribution in [0.2, 0.25) is 0 Å². The second-order valence-corrected chi connectivity index (χ2v) is 5.16. The molecule has 1 aromatic carbocycles. The van der Waals surface area contributed by atoms with E-state index in [1.807, 2.05) is 0 Å². The van der Waals surface area contributed by atoms with E-state index in [0.29, 0.717) is 4.88 Å². The van der Waals surface area contributed by atoms with Gasteiger partial charge in [0.2, 0.25) is 5.78 Å². The Balaban J connectivity index is 1.91. The van der Waals surface area contributed by atoms with Crippen molar-refractivity contribution >= 4 is 22.9 Å². The quantitative estimate of drug-likeness (QED) is 0.792. The maximum atomic E-state index is 13.1. The lowest BCUT2D eigenvalue weighted by molar-refractivity contribution is 0.0686. The zero-order chi connectivity index (χ0) is 13.4. The molecule has 1 unspecified atom stereocenters. The Labute approximate surface area is 112 Å². The van der Waals surface area contributed by atoms with Crippen molar-refractivity contribution in [1.29, 1.82) is 0 Å². The van der Waals surface area contributed by atoms with Crippen LogP contribution in [0.5, 0.6) is 5.75 Å². The number of fused-ring (bicyclic) bond motifs is 1. The van der Waals surface area contributed by atoms with Crippen LogP contribution >= 0.6 is 11.3 Å². The van der Waals surface area contributed by atoms with E-state index in [1.54, 1.807) is 17.5 Å². The maximum absolute atomic E-state index is 13.1. The zero-order valence-electron chi connectivity index (χ0n) is 9.76. The van der Waals surface area contributed by atoms with Crippen molar-refractivity contribution in [1.82, 2.24) is 0 Å². The molecule has 3 nitrogen and oxygen atoms in total. The van der Waals surface area contributed by atoms with E-state index in [4.69, 9.17) is 4.74 Å². The molecule has 1 atom stereocenters. The predicted molar refractivity (Wildman–Crippen MR) is 68.4 cm³/mol. The number of ketones is 2. The first-order chi connectivity index (χ1) is 9.15. The van der Waals surface area contributed by atoms with Gasteiger partial charge < -0.3 is 4.74 Å². The molecule has 1 aliphatic heterocycles. The van der Waals surface area contributed by atoms with Gasteiger partial charge in [0.1, 0.15) is 11.6 Å². The molecular formula is C14H9FO3S. The number of Topliss-reactive ketones (excluding diaryl/α,β-unsaturated/α-hetero) is 2.